The highest BCUT2D eigenvalue weighted by Crippen LogP contribution is 2.27. The topological polar surface area (TPSA) is 15.3 Å². The second kappa shape index (κ2) is 5.35. The molecule has 0 amide bonds. The van der Waals surface area contributed by atoms with Crippen LogP contribution in [0.25, 0.3) is 0 Å². The van der Waals surface area contributed by atoms with E-state index in [0.717, 1.165) is 19.0 Å². The number of nitrogens with one attached hydrogen (secondary N) is 1. The zero-order chi connectivity index (χ0) is 11.4. The molecule has 1 aromatic carbocycles. The molecule has 0 bridgehead atoms. The zero-order valence-corrected chi connectivity index (χ0v) is 10.4. The number of nitrogens with zero attached hydrogens (tertiary/aromatic N) is 1. The Hall–Kier alpha value is -1.02. The van der Waals surface area contributed by atoms with Crippen molar-refractivity contribution in [1.29, 1.82) is 0 Å². The van der Waals surface area contributed by atoms with E-state index in [1.807, 2.05) is 0 Å². The minimum Gasteiger partial charge on any atom is -0.373 e. The van der Waals surface area contributed by atoms with E-state index in [4.69, 9.17) is 0 Å². The molecule has 1 aromatic rings. The van der Waals surface area contributed by atoms with Gasteiger partial charge in [-0.2, -0.15) is 0 Å². The molecule has 2 nitrogen and oxygen atoms in total. The molecule has 88 valence electrons. The van der Waals surface area contributed by atoms with Crippen molar-refractivity contribution in [2.45, 2.75) is 19.8 Å². The number of anilines is 1. The molecule has 1 aliphatic rings. The van der Waals surface area contributed by atoms with Gasteiger partial charge < -0.3 is 10.2 Å². The lowest BCUT2D eigenvalue weighted by Gasteiger charge is -2.20. The highest BCUT2D eigenvalue weighted by atomic mass is 15.1. The van der Waals surface area contributed by atoms with Crippen LogP contribution in [0, 0.1) is 12.8 Å². The average molecular weight is 218 g/mol. The summed E-state index contributed by atoms with van der Waals surface area (Å²) in [6.45, 7) is 5.52. The van der Waals surface area contributed by atoms with Crippen LogP contribution in [0.1, 0.15) is 18.4 Å². The van der Waals surface area contributed by atoms with Crippen molar-refractivity contribution in [3.8, 4) is 0 Å². The first-order chi connectivity index (χ1) is 7.75. The quantitative estimate of drug-likeness (QED) is 0.738. The number of benzene rings is 1. The van der Waals surface area contributed by atoms with E-state index in [9.17, 15) is 0 Å². The molecule has 0 aliphatic heterocycles. The summed E-state index contributed by atoms with van der Waals surface area (Å²) in [5.74, 6) is 0.976. The van der Waals surface area contributed by atoms with Gasteiger partial charge in [0.05, 0.1) is 0 Å². The predicted octanol–water partition coefficient (Wildman–Crippen LogP) is 2.43. The molecule has 0 spiro atoms. The van der Waals surface area contributed by atoms with Gasteiger partial charge in [0.15, 0.2) is 0 Å². The van der Waals surface area contributed by atoms with Crippen LogP contribution in [0.2, 0.25) is 0 Å². The average Bonchev–Trinajstić information content (AvgIpc) is 3.08. The van der Waals surface area contributed by atoms with Gasteiger partial charge in [-0.05, 0) is 49.9 Å². The van der Waals surface area contributed by atoms with E-state index in [0.29, 0.717) is 0 Å². The van der Waals surface area contributed by atoms with E-state index < -0.39 is 0 Å². The summed E-state index contributed by atoms with van der Waals surface area (Å²) in [5, 5.41) is 3.52. The molecule has 1 saturated carbocycles. The zero-order valence-electron chi connectivity index (χ0n) is 10.4. The molecule has 0 aromatic heterocycles. The molecular weight excluding hydrogens is 196 g/mol. The summed E-state index contributed by atoms with van der Waals surface area (Å²) < 4.78 is 0. The number of hydrogen-bond donors (Lipinski definition) is 1. The van der Waals surface area contributed by atoms with Crippen molar-refractivity contribution < 1.29 is 0 Å². The summed E-state index contributed by atoms with van der Waals surface area (Å²) in [5.41, 5.74) is 2.64. The van der Waals surface area contributed by atoms with Crippen LogP contribution in [-0.4, -0.2) is 26.7 Å². The maximum atomic E-state index is 3.52. The van der Waals surface area contributed by atoms with Crippen LogP contribution in [0.5, 0.6) is 0 Å². The third kappa shape index (κ3) is 3.53. The fourth-order valence-corrected chi connectivity index (χ4v) is 1.87. The molecule has 16 heavy (non-hydrogen) atoms. The number of rotatable bonds is 6. The Bertz CT molecular complexity index is 331. The smallest absolute Gasteiger partial charge is 0.0366 e. The Balaban J connectivity index is 1.71. The van der Waals surface area contributed by atoms with Crippen molar-refractivity contribution in [3.05, 3.63) is 29.8 Å². The SMILES string of the molecule is Cc1cccc(N(C)CCNCC2CC2)c1. The maximum absolute atomic E-state index is 3.52. The van der Waals surface area contributed by atoms with Gasteiger partial charge in [0.2, 0.25) is 0 Å². The van der Waals surface area contributed by atoms with Crippen LogP contribution in [0.3, 0.4) is 0 Å². The standard InChI is InChI=1S/C14H22N2/c1-12-4-3-5-14(10-12)16(2)9-8-15-11-13-6-7-13/h3-5,10,13,15H,6-9,11H2,1-2H3. The molecule has 0 atom stereocenters. The van der Waals surface area contributed by atoms with Crippen molar-refractivity contribution in [2.24, 2.45) is 5.92 Å². The van der Waals surface area contributed by atoms with Gasteiger partial charge in [-0.25, -0.2) is 0 Å². The molecule has 2 heteroatoms. The molecule has 1 N–H and O–H groups in total. The van der Waals surface area contributed by atoms with Gasteiger partial charge >= 0.3 is 0 Å². The third-order valence-corrected chi connectivity index (χ3v) is 3.20. The number of aryl methyl sites for hydroxylation is 1. The highest BCUT2D eigenvalue weighted by Gasteiger charge is 2.19. The van der Waals surface area contributed by atoms with E-state index in [1.54, 1.807) is 0 Å². The third-order valence-electron chi connectivity index (χ3n) is 3.20. The van der Waals surface area contributed by atoms with Crippen molar-refractivity contribution in [1.82, 2.24) is 5.32 Å². The summed E-state index contributed by atoms with van der Waals surface area (Å²) in [6, 6.07) is 8.68. The summed E-state index contributed by atoms with van der Waals surface area (Å²) in [7, 11) is 2.16. The molecule has 1 aliphatic carbocycles. The lowest BCUT2D eigenvalue weighted by molar-refractivity contribution is 0.634. The number of likely N-dealkylation sites (N-methyl/N-ethyl adjacent to an activating group) is 1. The Labute approximate surface area is 98.7 Å². The first kappa shape index (κ1) is 11.5. The van der Waals surface area contributed by atoms with Crippen LogP contribution >= 0.6 is 0 Å². The van der Waals surface area contributed by atoms with Crippen LogP contribution in [0.4, 0.5) is 5.69 Å². The highest BCUT2D eigenvalue weighted by molar-refractivity contribution is 5.47. The monoisotopic (exact) mass is 218 g/mol. The Morgan fingerprint density at radius 3 is 2.88 bits per heavy atom. The van der Waals surface area contributed by atoms with E-state index in [-0.39, 0.29) is 0 Å². The van der Waals surface area contributed by atoms with Gasteiger partial charge in [0.1, 0.15) is 0 Å². The predicted molar refractivity (Wildman–Crippen MR) is 70.0 cm³/mol. The minimum atomic E-state index is 0.976. The Morgan fingerprint density at radius 2 is 2.19 bits per heavy atom. The molecule has 0 heterocycles. The van der Waals surface area contributed by atoms with Crippen LogP contribution < -0.4 is 10.2 Å². The van der Waals surface area contributed by atoms with Crippen molar-refractivity contribution in [2.75, 3.05) is 31.6 Å². The van der Waals surface area contributed by atoms with E-state index in [2.05, 4.69) is 48.5 Å². The van der Waals surface area contributed by atoms with E-state index >= 15 is 0 Å². The van der Waals surface area contributed by atoms with Gasteiger partial charge in [0.25, 0.3) is 0 Å². The van der Waals surface area contributed by atoms with E-state index in [1.165, 1.54) is 30.6 Å². The number of hydrogen-bond acceptors (Lipinski definition) is 2. The van der Waals surface area contributed by atoms with Gasteiger partial charge in [-0.15, -0.1) is 0 Å². The lowest BCUT2D eigenvalue weighted by atomic mass is 10.2. The fraction of sp³-hybridized carbons (Fsp3) is 0.571. The molecular formula is C14H22N2. The van der Waals surface area contributed by atoms with Gasteiger partial charge in [-0.1, -0.05) is 12.1 Å². The second-order valence-electron chi connectivity index (χ2n) is 4.91. The first-order valence-electron chi connectivity index (χ1n) is 6.24. The first-order valence-corrected chi connectivity index (χ1v) is 6.24. The molecule has 0 unspecified atom stereocenters. The lowest BCUT2D eigenvalue weighted by Crippen LogP contribution is -2.30. The van der Waals surface area contributed by atoms with Crippen molar-refractivity contribution >= 4 is 5.69 Å². The molecule has 0 saturated heterocycles. The minimum absolute atomic E-state index is 0.976. The summed E-state index contributed by atoms with van der Waals surface area (Å²) in [4.78, 5) is 2.31. The van der Waals surface area contributed by atoms with Crippen LogP contribution in [-0.2, 0) is 0 Å². The Morgan fingerprint density at radius 1 is 1.38 bits per heavy atom. The second-order valence-corrected chi connectivity index (χ2v) is 4.91. The van der Waals surface area contributed by atoms with Crippen LogP contribution in [0.15, 0.2) is 24.3 Å². The summed E-state index contributed by atoms with van der Waals surface area (Å²) >= 11 is 0. The summed E-state index contributed by atoms with van der Waals surface area (Å²) in [6.07, 6.45) is 2.86. The Kier molecular flexibility index (Phi) is 3.83. The molecule has 1 fully saturated rings. The molecule has 0 radical (unpaired) electrons. The largest absolute Gasteiger partial charge is 0.373 e. The molecule has 2 rings (SSSR count). The maximum Gasteiger partial charge on any atom is 0.0366 e. The van der Waals surface area contributed by atoms with Gasteiger partial charge in [-0.3, -0.25) is 0 Å². The van der Waals surface area contributed by atoms with Crippen molar-refractivity contribution in [3.63, 3.8) is 0 Å². The fourth-order valence-electron chi connectivity index (χ4n) is 1.87. The van der Waals surface area contributed by atoms with Gasteiger partial charge in [0, 0.05) is 25.8 Å². The normalized spacial score (nSPS) is 15.1.